The Labute approximate surface area is 110 Å². The van der Waals surface area contributed by atoms with Gasteiger partial charge in [0, 0.05) is 18.6 Å². The molecule has 3 heteroatoms. The molecule has 1 heterocycles. The summed E-state index contributed by atoms with van der Waals surface area (Å²) in [7, 11) is 0. The minimum atomic E-state index is 0.125. The molecule has 1 aromatic carbocycles. The van der Waals surface area contributed by atoms with E-state index in [1.54, 1.807) is 0 Å². The number of nitrogens with two attached hydrogens (primary N) is 1. The highest BCUT2D eigenvalue weighted by Gasteiger charge is 2.31. The Balaban J connectivity index is 2.24. The average molecular weight is 248 g/mol. The third kappa shape index (κ3) is 2.91. The predicted octanol–water partition coefficient (Wildman–Crippen LogP) is 2.19. The first-order valence-electron chi connectivity index (χ1n) is 6.88. The zero-order valence-electron chi connectivity index (χ0n) is 11.4. The molecule has 18 heavy (non-hydrogen) atoms. The van der Waals surface area contributed by atoms with Crippen LogP contribution in [0.2, 0.25) is 0 Å². The Hall–Kier alpha value is -0.900. The van der Waals surface area contributed by atoms with Crippen molar-refractivity contribution >= 4 is 0 Å². The monoisotopic (exact) mass is 248 g/mol. The maximum absolute atomic E-state index is 6.23. The van der Waals surface area contributed by atoms with Gasteiger partial charge in [0.1, 0.15) is 0 Å². The van der Waals surface area contributed by atoms with Crippen molar-refractivity contribution in [3.05, 3.63) is 35.9 Å². The number of hydrogen-bond donors (Lipinski definition) is 1. The van der Waals surface area contributed by atoms with E-state index >= 15 is 0 Å². The van der Waals surface area contributed by atoms with Crippen LogP contribution in [0.1, 0.15) is 31.9 Å². The molecular formula is C15H24N2O. The molecular weight excluding hydrogens is 224 g/mol. The molecule has 1 aliphatic rings. The zero-order valence-corrected chi connectivity index (χ0v) is 11.4. The topological polar surface area (TPSA) is 38.5 Å². The van der Waals surface area contributed by atoms with Gasteiger partial charge in [-0.05, 0) is 18.9 Å². The minimum Gasteiger partial charge on any atom is -0.378 e. The minimum absolute atomic E-state index is 0.125. The second-order valence-corrected chi connectivity index (χ2v) is 5.09. The van der Waals surface area contributed by atoms with Crippen LogP contribution in [-0.4, -0.2) is 36.7 Å². The van der Waals surface area contributed by atoms with Gasteiger partial charge in [0.05, 0.1) is 19.3 Å². The smallest absolute Gasteiger partial charge is 0.0622 e. The lowest BCUT2D eigenvalue weighted by Crippen LogP contribution is -2.51. The van der Waals surface area contributed by atoms with E-state index in [1.807, 2.05) is 0 Å². The van der Waals surface area contributed by atoms with Crippen molar-refractivity contribution in [2.75, 3.05) is 19.8 Å². The number of ether oxygens (including phenoxy) is 1. The van der Waals surface area contributed by atoms with Crippen molar-refractivity contribution in [1.29, 1.82) is 0 Å². The summed E-state index contributed by atoms with van der Waals surface area (Å²) in [6.45, 7) is 6.92. The van der Waals surface area contributed by atoms with Crippen LogP contribution in [0.3, 0.4) is 0 Å². The van der Waals surface area contributed by atoms with E-state index in [-0.39, 0.29) is 6.04 Å². The number of nitrogens with zero attached hydrogens (tertiary/aromatic N) is 1. The first-order chi connectivity index (χ1) is 8.74. The zero-order chi connectivity index (χ0) is 13.0. The highest BCUT2D eigenvalue weighted by Crippen LogP contribution is 2.28. The largest absolute Gasteiger partial charge is 0.378 e. The summed E-state index contributed by atoms with van der Waals surface area (Å²) in [5.74, 6) is 0. The van der Waals surface area contributed by atoms with Crippen molar-refractivity contribution in [2.45, 2.75) is 38.4 Å². The lowest BCUT2D eigenvalue weighted by molar-refractivity contribution is -0.0348. The van der Waals surface area contributed by atoms with Gasteiger partial charge in [-0.1, -0.05) is 37.3 Å². The van der Waals surface area contributed by atoms with E-state index < -0.39 is 0 Å². The van der Waals surface area contributed by atoms with Crippen molar-refractivity contribution in [3.63, 3.8) is 0 Å². The standard InChI is InChI=1S/C15H24N2O/c1-3-14-11-18-10-9-17(14)15(12(2)16)13-7-5-4-6-8-13/h4-8,12,14-15H,3,9-11,16H2,1-2H3. The van der Waals surface area contributed by atoms with Crippen molar-refractivity contribution < 1.29 is 4.74 Å². The van der Waals surface area contributed by atoms with Crippen molar-refractivity contribution in [1.82, 2.24) is 4.90 Å². The Morgan fingerprint density at radius 3 is 2.72 bits per heavy atom. The summed E-state index contributed by atoms with van der Waals surface area (Å²) in [6.07, 6.45) is 1.11. The van der Waals surface area contributed by atoms with Crippen LogP contribution >= 0.6 is 0 Å². The summed E-state index contributed by atoms with van der Waals surface area (Å²) >= 11 is 0. The summed E-state index contributed by atoms with van der Waals surface area (Å²) in [5, 5.41) is 0. The average Bonchev–Trinajstić information content (AvgIpc) is 2.40. The Morgan fingerprint density at radius 2 is 2.11 bits per heavy atom. The molecule has 0 bridgehead atoms. The molecule has 1 fully saturated rings. The van der Waals surface area contributed by atoms with Crippen LogP contribution in [-0.2, 0) is 4.74 Å². The van der Waals surface area contributed by atoms with Crippen LogP contribution in [0, 0.1) is 0 Å². The molecule has 2 N–H and O–H groups in total. The van der Waals surface area contributed by atoms with Crippen LogP contribution < -0.4 is 5.73 Å². The van der Waals surface area contributed by atoms with Gasteiger partial charge in [-0.3, -0.25) is 4.90 Å². The highest BCUT2D eigenvalue weighted by atomic mass is 16.5. The van der Waals surface area contributed by atoms with E-state index in [0.717, 1.165) is 26.2 Å². The molecule has 3 nitrogen and oxygen atoms in total. The Kier molecular flexibility index (Phi) is 4.75. The normalized spacial score (nSPS) is 24.7. The van der Waals surface area contributed by atoms with Crippen LogP contribution in [0.25, 0.3) is 0 Å². The van der Waals surface area contributed by atoms with E-state index in [2.05, 4.69) is 49.1 Å². The molecule has 0 saturated carbocycles. The molecule has 3 unspecified atom stereocenters. The Morgan fingerprint density at radius 1 is 1.39 bits per heavy atom. The number of benzene rings is 1. The number of rotatable bonds is 4. The van der Waals surface area contributed by atoms with Gasteiger partial charge in [0.2, 0.25) is 0 Å². The maximum atomic E-state index is 6.23. The van der Waals surface area contributed by atoms with E-state index in [4.69, 9.17) is 10.5 Å². The maximum Gasteiger partial charge on any atom is 0.0622 e. The molecule has 1 aromatic rings. The lowest BCUT2D eigenvalue weighted by atomic mass is 9.96. The summed E-state index contributed by atoms with van der Waals surface area (Å²) in [6, 6.07) is 11.5. The molecule has 0 radical (unpaired) electrons. The molecule has 1 saturated heterocycles. The first kappa shape index (κ1) is 13.5. The number of hydrogen-bond acceptors (Lipinski definition) is 3. The fraction of sp³-hybridized carbons (Fsp3) is 0.600. The quantitative estimate of drug-likeness (QED) is 0.887. The lowest BCUT2D eigenvalue weighted by Gasteiger charge is -2.42. The van der Waals surface area contributed by atoms with E-state index in [9.17, 15) is 0 Å². The molecule has 0 amide bonds. The second-order valence-electron chi connectivity index (χ2n) is 5.09. The molecule has 1 aliphatic heterocycles. The molecule has 0 aromatic heterocycles. The van der Waals surface area contributed by atoms with Gasteiger partial charge in [0.15, 0.2) is 0 Å². The molecule has 0 spiro atoms. The predicted molar refractivity (Wildman–Crippen MR) is 74.4 cm³/mol. The second kappa shape index (κ2) is 6.32. The van der Waals surface area contributed by atoms with Crippen molar-refractivity contribution in [2.24, 2.45) is 5.73 Å². The van der Waals surface area contributed by atoms with Crippen molar-refractivity contribution in [3.8, 4) is 0 Å². The van der Waals surface area contributed by atoms with Gasteiger partial charge in [-0.2, -0.15) is 0 Å². The molecule has 0 aliphatic carbocycles. The Bertz CT molecular complexity index is 353. The van der Waals surface area contributed by atoms with E-state index in [1.165, 1.54) is 5.56 Å². The summed E-state index contributed by atoms with van der Waals surface area (Å²) in [5.41, 5.74) is 7.55. The summed E-state index contributed by atoms with van der Waals surface area (Å²) in [4.78, 5) is 2.52. The summed E-state index contributed by atoms with van der Waals surface area (Å²) < 4.78 is 5.59. The van der Waals surface area contributed by atoms with Crippen LogP contribution in [0.4, 0.5) is 0 Å². The fourth-order valence-electron chi connectivity index (χ4n) is 2.83. The van der Waals surface area contributed by atoms with Crippen LogP contribution in [0.5, 0.6) is 0 Å². The molecule has 100 valence electrons. The third-order valence-electron chi connectivity index (χ3n) is 3.74. The highest BCUT2D eigenvalue weighted by molar-refractivity contribution is 5.21. The van der Waals surface area contributed by atoms with E-state index in [0.29, 0.717) is 12.1 Å². The first-order valence-corrected chi connectivity index (χ1v) is 6.88. The SMILES string of the molecule is CCC1COCCN1C(c1ccccc1)C(C)N. The number of morpholine rings is 1. The fourth-order valence-corrected chi connectivity index (χ4v) is 2.83. The van der Waals surface area contributed by atoms with Gasteiger partial charge in [-0.25, -0.2) is 0 Å². The van der Waals surface area contributed by atoms with Gasteiger partial charge < -0.3 is 10.5 Å². The van der Waals surface area contributed by atoms with Gasteiger partial charge in [-0.15, -0.1) is 0 Å². The van der Waals surface area contributed by atoms with Gasteiger partial charge >= 0.3 is 0 Å². The molecule has 2 rings (SSSR count). The van der Waals surface area contributed by atoms with Gasteiger partial charge in [0.25, 0.3) is 0 Å². The van der Waals surface area contributed by atoms with Crippen LogP contribution in [0.15, 0.2) is 30.3 Å². The molecule has 3 atom stereocenters. The third-order valence-corrected chi connectivity index (χ3v) is 3.74.